The molecule has 2 rings (SSSR count). The first kappa shape index (κ1) is 21.6. The number of benzene rings is 1. The molecule has 1 aromatic carbocycles. The number of hydrogen-bond donors (Lipinski definition) is 2. The molecule has 0 aliphatic carbocycles. The molecule has 1 aromatic heterocycles. The van der Waals surface area contributed by atoms with Gasteiger partial charge in [-0.05, 0) is 30.2 Å². The monoisotopic (exact) mass is 412 g/mol. The third-order valence-electron chi connectivity index (χ3n) is 3.71. The average Bonchev–Trinajstić information content (AvgIpc) is 3.16. The van der Waals surface area contributed by atoms with Gasteiger partial charge in [0.2, 0.25) is 10.0 Å². The molecule has 28 heavy (non-hydrogen) atoms. The second-order valence-electron chi connectivity index (χ2n) is 6.24. The molecule has 2 aromatic rings. The van der Waals surface area contributed by atoms with E-state index >= 15 is 0 Å². The van der Waals surface area contributed by atoms with Crippen molar-refractivity contribution in [3.8, 4) is 0 Å². The minimum absolute atomic E-state index is 0.122. The first-order valence-electron chi connectivity index (χ1n) is 8.43. The van der Waals surface area contributed by atoms with Gasteiger partial charge in [-0.15, -0.1) is 0 Å². The van der Waals surface area contributed by atoms with Crippen LogP contribution in [-0.4, -0.2) is 32.9 Å². The van der Waals surface area contributed by atoms with Gasteiger partial charge in [0.15, 0.2) is 6.61 Å². The number of halogens is 1. The van der Waals surface area contributed by atoms with Crippen molar-refractivity contribution >= 4 is 21.9 Å². The van der Waals surface area contributed by atoms with Gasteiger partial charge in [-0.25, -0.2) is 12.8 Å². The van der Waals surface area contributed by atoms with Gasteiger partial charge in [-0.3, -0.25) is 9.59 Å². The Morgan fingerprint density at radius 3 is 2.50 bits per heavy atom. The minimum Gasteiger partial charge on any atom is -0.467 e. The Hall–Kier alpha value is -2.72. The fraction of sp³-hybridized carbons (Fsp3) is 0.333. The smallest absolute Gasteiger partial charge is 0.324 e. The molecule has 0 aliphatic heterocycles. The first-order valence-corrected chi connectivity index (χ1v) is 9.91. The quantitative estimate of drug-likeness (QED) is 0.605. The van der Waals surface area contributed by atoms with Gasteiger partial charge in [0.25, 0.3) is 5.91 Å². The molecule has 0 radical (unpaired) electrons. The van der Waals surface area contributed by atoms with E-state index in [1.165, 1.54) is 18.4 Å². The number of carbonyl (C=O) groups is 2. The number of sulfonamides is 1. The molecule has 2 N–H and O–H groups in total. The molecule has 8 nitrogen and oxygen atoms in total. The number of ether oxygens (including phenoxy) is 1. The van der Waals surface area contributed by atoms with Crippen LogP contribution >= 0.6 is 0 Å². The summed E-state index contributed by atoms with van der Waals surface area (Å²) in [5.41, 5.74) is 0. The van der Waals surface area contributed by atoms with E-state index in [1.807, 2.05) is 0 Å². The maximum Gasteiger partial charge on any atom is 0.324 e. The maximum absolute atomic E-state index is 13.8. The average molecular weight is 412 g/mol. The van der Waals surface area contributed by atoms with E-state index in [1.54, 1.807) is 26.0 Å². The van der Waals surface area contributed by atoms with Gasteiger partial charge < -0.3 is 14.5 Å². The zero-order valence-electron chi connectivity index (χ0n) is 15.3. The summed E-state index contributed by atoms with van der Waals surface area (Å²) in [6.07, 6.45) is 1.45. The zero-order valence-corrected chi connectivity index (χ0v) is 16.2. The molecule has 0 saturated heterocycles. The molecule has 1 amide bonds. The van der Waals surface area contributed by atoms with Crippen LogP contribution in [0.25, 0.3) is 0 Å². The van der Waals surface area contributed by atoms with E-state index < -0.39 is 51.2 Å². The van der Waals surface area contributed by atoms with Gasteiger partial charge in [0, 0.05) is 0 Å². The highest BCUT2D eigenvalue weighted by atomic mass is 32.2. The highest BCUT2D eigenvalue weighted by molar-refractivity contribution is 7.89. The molecule has 0 saturated carbocycles. The molecule has 1 atom stereocenters. The maximum atomic E-state index is 13.8. The van der Waals surface area contributed by atoms with Crippen LogP contribution in [0.5, 0.6) is 0 Å². The zero-order chi connectivity index (χ0) is 20.7. The van der Waals surface area contributed by atoms with Crippen molar-refractivity contribution in [2.24, 2.45) is 5.92 Å². The van der Waals surface area contributed by atoms with E-state index in [9.17, 15) is 22.4 Å². The van der Waals surface area contributed by atoms with E-state index in [-0.39, 0.29) is 6.54 Å². The Morgan fingerprint density at radius 2 is 1.89 bits per heavy atom. The summed E-state index contributed by atoms with van der Waals surface area (Å²) >= 11 is 0. The topological polar surface area (TPSA) is 115 Å². The van der Waals surface area contributed by atoms with Gasteiger partial charge >= 0.3 is 5.97 Å². The summed E-state index contributed by atoms with van der Waals surface area (Å²) in [7, 11) is -4.30. The van der Waals surface area contributed by atoms with Crippen molar-refractivity contribution in [3.05, 3.63) is 54.2 Å². The van der Waals surface area contributed by atoms with Crippen molar-refractivity contribution in [1.29, 1.82) is 0 Å². The first-order chi connectivity index (χ1) is 13.2. The Morgan fingerprint density at radius 1 is 1.18 bits per heavy atom. The fourth-order valence-electron chi connectivity index (χ4n) is 2.23. The molecule has 10 heteroatoms. The molecule has 1 heterocycles. The summed E-state index contributed by atoms with van der Waals surface area (Å²) in [4.78, 5) is 23.5. The highest BCUT2D eigenvalue weighted by Gasteiger charge is 2.31. The summed E-state index contributed by atoms with van der Waals surface area (Å²) < 4.78 is 50.7. The largest absolute Gasteiger partial charge is 0.467 e. The lowest BCUT2D eigenvalue weighted by molar-refractivity contribution is -0.151. The molecular weight excluding hydrogens is 391 g/mol. The van der Waals surface area contributed by atoms with E-state index in [0.29, 0.717) is 5.76 Å². The number of amides is 1. The van der Waals surface area contributed by atoms with Crippen molar-refractivity contribution in [2.75, 3.05) is 6.61 Å². The Balaban J connectivity index is 1.96. The molecule has 0 fully saturated rings. The van der Waals surface area contributed by atoms with Crippen LogP contribution in [0.3, 0.4) is 0 Å². The summed E-state index contributed by atoms with van der Waals surface area (Å²) in [5.74, 6) is -2.44. The van der Waals surface area contributed by atoms with Gasteiger partial charge in [0.1, 0.15) is 22.5 Å². The lowest BCUT2D eigenvalue weighted by atomic mass is 10.1. The van der Waals surface area contributed by atoms with Crippen LogP contribution in [0.15, 0.2) is 52.0 Å². The van der Waals surface area contributed by atoms with E-state index in [2.05, 4.69) is 10.0 Å². The lowest BCUT2D eigenvalue weighted by Crippen LogP contribution is -2.46. The number of rotatable bonds is 9. The number of esters is 1. The fourth-order valence-corrected chi connectivity index (χ4v) is 3.64. The lowest BCUT2D eigenvalue weighted by Gasteiger charge is -2.20. The number of nitrogens with one attached hydrogen (secondary N) is 2. The van der Waals surface area contributed by atoms with Crippen LogP contribution in [0.4, 0.5) is 4.39 Å². The third-order valence-corrected chi connectivity index (χ3v) is 5.19. The standard InChI is InChI=1S/C18H21FN2O6S/c1-12(2)17(21-28(24,25)15-8-4-3-7-14(15)19)18(23)27-11-16(22)20-10-13-6-5-9-26-13/h3-9,12,17,21H,10-11H2,1-2H3,(H,20,22). The van der Waals surface area contributed by atoms with Gasteiger partial charge in [0.05, 0.1) is 12.8 Å². The van der Waals surface area contributed by atoms with Crippen LogP contribution in [0, 0.1) is 11.7 Å². The molecule has 0 spiro atoms. The second kappa shape index (κ2) is 9.47. The molecule has 152 valence electrons. The van der Waals surface area contributed by atoms with Crippen LogP contribution in [0.2, 0.25) is 0 Å². The summed E-state index contributed by atoms with van der Waals surface area (Å²) in [6, 6.07) is 6.84. The van der Waals surface area contributed by atoms with Crippen molar-refractivity contribution in [2.45, 2.75) is 31.3 Å². The van der Waals surface area contributed by atoms with Gasteiger partial charge in [-0.1, -0.05) is 26.0 Å². The molecular formula is C18H21FN2O6S. The van der Waals surface area contributed by atoms with Crippen molar-refractivity contribution < 1.29 is 31.6 Å². The van der Waals surface area contributed by atoms with Crippen molar-refractivity contribution in [3.63, 3.8) is 0 Å². The number of hydrogen-bond acceptors (Lipinski definition) is 6. The van der Waals surface area contributed by atoms with E-state index in [4.69, 9.17) is 9.15 Å². The predicted molar refractivity (Wildman–Crippen MR) is 96.9 cm³/mol. The summed E-state index contributed by atoms with van der Waals surface area (Å²) in [6.45, 7) is 2.71. The minimum atomic E-state index is -4.30. The molecule has 0 bridgehead atoms. The van der Waals surface area contributed by atoms with Crippen LogP contribution in [0.1, 0.15) is 19.6 Å². The Labute approximate surface area is 162 Å². The molecule has 1 unspecified atom stereocenters. The Bertz CT molecular complexity index is 912. The second-order valence-corrected chi connectivity index (χ2v) is 7.92. The van der Waals surface area contributed by atoms with E-state index in [0.717, 1.165) is 12.1 Å². The van der Waals surface area contributed by atoms with Gasteiger partial charge in [-0.2, -0.15) is 4.72 Å². The van der Waals surface area contributed by atoms with Crippen molar-refractivity contribution in [1.82, 2.24) is 10.0 Å². The third kappa shape index (κ3) is 5.89. The van der Waals surface area contributed by atoms with Crippen LogP contribution in [-0.2, 0) is 30.9 Å². The normalized spacial score (nSPS) is 12.6. The van der Waals surface area contributed by atoms with Crippen LogP contribution < -0.4 is 10.0 Å². The SMILES string of the molecule is CC(C)C(NS(=O)(=O)c1ccccc1F)C(=O)OCC(=O)NCc1ccco1. The Kier molecular flexibility index (Phi) is 7.30. The summed E-state index contributed by atoms with van der Waals surface area (Å²) in [5, 5.41) is 2.49. The predicted octanol–water partition coefficient (Wildman–Crippen LogP) is 1.58. The number of furan rings is 1. The molecule has 0 aliphatic rings. The number of carbonyl (C=O) groups excluding carboxylic acids is 2. The highest BCUT2D eigenvalue weighted by Crippen LogP contribution is 2.16.